The molecular formula is C10H12KNaO13. The Morgan fingerprint density at radius 1 is 0.840 bits per heavy atom. The summed E-state index contributed by atoms with van der Waals surface area (Å²) in [7, 11) is 0. The second kappa shape index (κ2) is 15.0. The molecule has 0 saturated carbocycles. The quantitative estimate of drug-likeness (QED) is 0.206. The molecule has 0 aromatic rings. The van der Waals surface area contributed by atoms with E-state index in [9.17, 15) is 34.2 Å². The summed E-state index contributed by atoms with van der Waals surface area (Å²) >= 11 is 0. The Morgan fingerprint density at radius 2 is 1.16 bits per heavy atom. The van der Waals surface area contributed by atoms with Crippen LogP contribution in [0.3, 0.4) is 0 Å². The molecule has 0 rings (SSSR count). The van der Waals surface area contributed by atoms with Crippen LogP contribution in [0.4, 0.5) is 0 Å². The van der Waals surface area contributed by atoms with Gasteiger partial charge in [-0.2, -0.15) is 0 Å². The van der Waals surface area contributed by atoms with Crippen molar-refractivity contribution >= 4 is 29.8 Å². The Hall–Kier alpha value is -0.134. The molecule has 2 atom stereocenters. The summed E-state index contributed by atoms with van der Waals surface area (Å²) in [5, 5.41) is 69.7. The zero-order chi connectivity index (χ0) is 19.0. The maximum absolute atomic E-state index is 10.2. The Kier molecular flexibility index (Phi) is 19.5. The van der Waals surface area contributed by atoms with Gasteiger partial charge in [-0.15, -0.1) is 0 Å². The first-order valence-corrected chi connectivity index (χ1v) is 5.41. The Labute approximate surface area is 204 Å². The van der Waals surface area contributed by atoms with E-state index in [4.69, 9.17) is 30.6 Å². The summed E-state index contributed by atoms with van der Waals surface area (Å²) in [5.41, 5.74) is -2.85. The van der Waals surface area contributed by atoms with Crippen LogP contribution in [0.2, 0.25) is 0 Å². The molecule has 0 aliphatic rings. The summed E-state index contributed by atoms with van der Waals surface area (Å²) in [5.74, 6) is -9.18. The summed E-state index contributed by atoms with van der Waals surface area (Å²) in [6.45, 7) is 0. The van der Waals surface area contributed by atoms with Crippen molar-refractivity contribution in [3.05, 3.63) is 0 Å². The molecule has 15 heteroatoms. The monoisotopic (exact) mass is 402 g/mol. The van der Waals surface area contributed by atoms with Gasteiger partial charge in [-0.05, 0) is 0 Å². The average Bonchev–Trinajstić information content (AvgIpc) is 2.35. The van der Waals surface area contributed by atoms with Gasteiger partial charge in [0.15, 0.2) is 6.10 Å². The third-order valence-corrected chi connectivity index (χ3v) is 2.06. The van der Waals surface area contributed by atoms with Gasteiger partial charge in [-0.3, -0.25) is 9.59 Å². The number of hydrogen-bond acceptors (Lipinski definition) is 10. The van der Waals surface area contributed by atoms with Crippen molar-refractivity contribution < 1.29 is 146 Å². The molecule has 0 radical (unpaired) electrons. The van der Waals surface area contributed by atoms with Crippen LogP contribution in [0.15, 0.2) is 0 Å². The van der Waals surface area contributed by atoms with Crippen molar-refractivity contribution in [3.8, 4) is 0 Å². The van der Waals surface area contributed by atoms with Crippen molar-refractivity contribution in [2.75, 3.05) is 0 Å². The molecule has 0 spiro atoms. The maximum Gasteiger partial charge on any atom is 1.00 e. The van der Waals surface area contributed by atoms with Gasteiger partial charge in [-0.1, -0.05) is 0 Å². The molecule has 6 N–H and O–H groups in total. The van der Waals surface area contributed by atoms with E-state index in [1.165, 1.54) is 0 Å². The van der Waals surface area contributed by atoms with E-state index in [0.717, 1.165) is 0 Å². The van der Waals surface area contributed by atoms with E-state index < -0.39 is 60.5 Å². The minimum absolute atomic E-state index is 0. The smallest absolute Gasteiger partial charge is 0.547 e. The number of aliphatic hydroxyl groups excluding tert-OH is 2. The number of carbonyl (C=O) groups excluding carboxylic acids is 2. The second-order valence-corrected chi connectivity index (χ2v) is 4.01. The van der Waals surface area contributed by atoms with Crippen LogP contribution in [0.1, 0.15) is 12.8 Å². The molecule has 13 nitrogen and oxygen atoms in total. The van der Waals surface area contributed by atoms with Gasteiger partial charge >= 0.3 is 98.8 Å². The fourth-order valence-corrected chi connectivity index (χ4v) is 0.971. The fraction of sp³-hybridized carbons (Fsp3) is 0.500. The molecule has 2 unspecified atom stereocenters. The molecule has 0 aliphatic carbocycles. The van der Waals surface area contributed by atoms with E-state index in [1.807, 2.05) is 0 Å². The number of carboxylic acid groups (broad SMARTS) is 5. The molecule has 132 valence electrons. The fourth-order valence-electron chi connectivity index (χ4n) is 0.971. The van der Waals surface area contributed by atoms with Gasteiger partial charge in [-0.25, -0.2) is 4.79 Å². The van der Waals surface area contributed by atoms with E-state index in [-0.39, 0.29) is 80.9 Å². The second-order valence-electron chi connectivity index (χ2n) is 4.01. The molecule has 0 amide bonds. The van der Waals surface area contributed by atoms with Crippen molar-refractivity contribution in [3.63, 3.8) is 0 Å². The van der Waals surface area contributed by atoms with Crippen LogP contribution in [-0.4, -0.2) is 78.3 Å². The number of carbonyl (C=O) groups is 5. The predicted molar refractivity (Wildman–Crippen MR) is 59.1 cm³/mol. The average molecular weight is 402 g/mol. The molecule has 0 saturated heterocycles. The minimum Gasteiger partial charge on any atom is -0.547 e. The van der Waals surface area contributed by atoms with E-state index in [0.29, 0.717) is 0 Å². The molecule has 0 fully saturated rings. The van der Waals surface area contributed by atoms with Crippen LogP contribution >= 0.6 is 0 Å². The van der Waals surface area contributed by atoms with E-state index in [1.54, 1.807) is 0 Å². The molecular weight excluding hydrogens is 390 g/mol. The van der Waals surface area contributed by atoms with Gasteiger partial charge in [0.1, 0.15) is 11.7 Å². The normalized spacial score (nSPS) is 12.0. The first kappa shape index (κ1) is 32.5. The third kappa shape index (κ3) is 14.7. The summed E-state index contributed by atoms with van der Waals surface area (Å²) in [6.07, 6.45) is -7.12. The Bertz CT molecular complexity index is 459. The summed E-state index contributed by atoms with van der Waals surface area (Å²) in [6, 6.07) is 0. The molecule has 0 heterocycles. The van der Waals surface area contributed by atoms with Crippen molar-refractivity contribution in [1.29, 1.82) is 0 Å². The number of rotatable bonds is 8. The Morgan fingerprint density at radius 3 is 1.28 bits per heavy atom. The topological polar surface area (TPSA) is 253 Å². The molecule has 25 heavy (non-hydrogen) atoms. The molecule has 0 aromatic carbocycles. The maximum atomic E-state index is 10.2. The van der Waals surface area contributed by atoms with Gasteiger partial charge in [0.05, 0.1) is 24.8 Å². The first-order valence-electron chi connectivity index (χ1n) is 5.41. The van der Waals surface area contributed by atoms with Crippen molar-refractivity contribution in [2.24, 2.45) is 0 Å². The van der Waals surface area contributed by atoms with Gasteiger partial charge in [0, 0.05) is 0 Å². The Balaban J connectivity index is -0.000000168. The first-order chi connectivity index (χ1) is 10.2. The molecule has 0 aromatic heterocycles. The van der Waals surface area contributed by atoms with Gasteiger partial charge < -0.3 is 50.4 Å². The van der Waals surface area contributed by atoms with E-state index in [2.05, 4.69) is 0 Å². The van der Waals surface area contributed by atoms with Gasteiger partial charge in [0.2, 0.25) is 0 Å². The van der Waals surface area contributed by atoms with Gasteiger partial charge in [0.25, 0.3) is 0 Å². The van der Waals surface area contributed by atoms with Crippen LogP contribution < -0.4 is 91.2 Å². The number of aliphatic carboxylic acids is 5. The van der Waals surface area contributed by atoms with Crippen LogP contribution in [0, 0.1) is 0 Å². The zero-order valence-electron chi connectivity index (χ0n) is 13.1. The largest absolute Gasteiger partial charge is 1.00 e. The predicted octanol–water partition coefficient (Wildman–Crippen LogP) is -12.0. The molecule has 0 aliphatic heterocycles. The summed E-state index contributed by atoms with van der Waals surface area (Å²) < 4.78 is 0. The van der Waals surface area contributed by atoms with Crippen molar-refractivity contribution in [2.45, 2.75) is 30.7 Å². The summed E-state index contributed by atoms with van der Waals surface area (Å²) in [4.78, 5) is 49.7. The minimum atomic E-state index is -2.85. The van der Waals surface area contributed by atoms with E-state index >= 15 is 0 Å². The zero-order valence-corrected chi connectivity index (χ0v) is 18.2. The van der Waals surface area contributed by atoms with Crippen LogP contribution in [0.5, 0.6) is 0 Å². The van der Waals surface area contributed by atoms with Crippen LogP contribution in [-0.2, 0) is 24.0 Å². The van der Waals surface area contributed by atoms with Crippen LogP contribution in [0.25, 0.3) is 0 Å². The number of hydrogen-bond donors (Lipinski definition) is 6. The number of carboxylic acids is 5. The standard InChI is InChI=1S/C6H8O7.C4H6O6.K.Na/c7-3(8)1-6(13,5(11)12)2-4(9)10;5-1(3(7)8)2(6)4(9)10;;/h13H,1-2H2,(H,7,8)(H,9,10)(H,11,12);1-2,5-6H,(H,7,8)(H,9,10);;/q;;2*+1/p-2. The number of aliphatic hydroxyl groups is 3. The van der Waals surface area contributed by atoms with Crippen molar-refractivity contribution in [1.82, 2.24) is 0 Å². The molecule has 0 bridgehead atoms. The third-order valence-electron chi connectivity index (χ3n) is 2.06. The SMILES string of the molecule is O=C(O)CC(O)(CC(=O)O)C(=O)[O-].O=C([O-])C(O)C(O)C(=O)O.[K+].[Na+].